The van der Waals surface area contributed by atoms with E-state index in [-0.39, 0.29) is 17.4 Å². The van der Waals surface area contributed by atoms with Gasteiger partial charge in [-0.1, -0.05) is 24.0 Å². The van der Waals surface area contributed by atoms with E-state index in [0.717, 1.165) is 19.3 Å². The van der Waals surface area contributed by atoms with Crippen LogP contribution in [0.3, 0.4) is 0 Å². The Labute approximate surface area is 188 Å². The molecule has 1 fully saturated rings. The Morgan fingerprint density at radius 3 is 2.41 bits per heavy atom. The molecule has 1 heterocycles. The molecule has 1 saturated heterocycles. The van der Waals surface area contributed by atoms with Gasteiger partial charge in [0.25, 0.3) is 5.91 Å². The van der Waals surface area contributed by atoms with Gasteiger partial charge < -0.3 is 20.6 Å². The number of piperidine rings is 1. The number of likely N-dealkylation sites (tertiary alicyclic amines) is 1. The van der Waals surface area contributed by atoms with Crippen LogP contribution in [0.4, 0.5) is 4.39 Å². The van der Waals surface area contributed by atoms with E-state index in [1.165, 1.54) is 22.6 Å². The molecule has 0 saturated carbocycles. The van der Waals surface area contributed by atoms with Gasteiger partial charge in [0, 0.05) is 30.1 Å². The summed E-state index contributed by atoms with van der Waals surface area (Å²) in [5.41, 5.74) is 8.89. The molecule has 32 heavy (non-hydrogen) atoms. The Morgan fingerprint density at radius 2 is 1.88 bits per heavy atom. The lowest BCUT2D eigenvalue weighted by atomic mass is 9.87. The summed E-state index contributed by atoms with van der Waals surface area (Å²) in [6, 6.07) is 4.49. The van der Waals surface area contributed by atoms with Crippen LogP contribution in [0.1, 0.15) is 56.0 Å². The zero-order valence-electron chi connectivity index (χ0n) is 18.7. The molecule has 172 valence electrons. The molecule has 1 aromatic carbocycles. The number of carbonyl (C=O) groups excluding carboxylic acids is 2. The van der Waals surface area contributed by atoms with Crippen molar-refractivity contribution >= 4 is 12.7 Å². The van der Waals surface area contributed by atoms with Gasteiger partial charge >= 0.3 is 0 Å². The van der Waals surface area contributed by atoms with Gasteiger partial charge in [-0.15, -0.1) is 4.91 Å². The minimum Gasteiger partial charge on any atom is -0.379 e. The first kappa shape index (κ1) is 26.7. The summed E-state index contributed by atoms with van der Waals surface area (Å²) >= 11 is 0. The van der Waals surface area contributed by atoms with Crippen LogP contribution < -0.4 is 5.73 Å². The molecule has 0 aromatic heterocycles. The van der Waals surface area contributed by atoms with Crippen molar-refractivity contribution in [1.82, 2.24) is 4.90 Å². The number of carbonyl (C=O) groups is 2. The molecule has 1 amide bonds. The number of amides is 1. The highest BCUT2D eigenvalue weighted by Crippen LogP contribution is 2.31. The molecule has 1 aromatic rings. The number of fused-ring (bicyclic) bond motifs is 1. The number of nitrogens with two attached hydrogens (primary N) is 1. The highest BCUT2D eigenvalue weighted by atomic mass is 19.1. The van der Waals surface area contributed by atoms with Crippen LogP contribution in [-0.2, 0) is 4.79 Å². The molecular weight excluding hydrogens is 413 g/mol. The van der Waals surface area contributed by atoms with Crippen molar-refractivity contribution < 1.29 is 19.2 Å². The van der Waals surface area contributed by atoms with Crippen molar-refractivity contribution in [3.63, 3.8) is 0 Å². The zero-order chi connectivity index (χ0) is 24.3. The van der Waals surface area contributed by atoms with Gasteiger partial charge in [0.05, 0.1) is 5.56 Å². The van der Waals surface area contributed by atoms with E-state index >= 15 is 0 Å². The summed E-state index contributed by atoms with van der Waals surface area (Å²) in [6.07, 6.45) is 7.28. The van der Waals surface area contributed by atoms with Gasteiger partial charge in [0.2, 0.25) is 0 Å². The molecule has 1 aliphatic heterocycles. The summed E-state index contributed by atoms with van der Waals surface area (Å²) < 4.78 is 14.5. The molecule has 7 nitrogen and oxygen atoms in total. The second kappa shape index (κ2) is 12.5. The van der Waals surface area contributed by atoms with E-state index in [0.29, 0.717) is 24.2 Å². The van der Waals surface area contributed by atoms with Gasteiger partial charge in [-0.3, -0.25) is 4.79 Å². The molecule has 1 aliphatic carbocycles. The van der Waals surface area contributed by atoms with E-state index in [2.05, 4.69) is 24.0 Å². The molecule has 0 radical (unpaired) electrons. The maximum Gasteiger partial charge on any atom is 0.254 e. The van der Waals surface area contributed by atoms with E-state index < -0.39 is 5.82 Å². The molecule has 1 atom stereocenters. The SMILES string of the molecule is C=O.CC(C)(C)C#Cc1ccc(C(=O)N2CC3=CCCC=C3CC2CN)cc1F.O=NO. The minimum atomic E-state index is -0.462. The lowest BCUT2D eigenvalue weighted by Gasteiger charge is -2.39. The Kier molecular flexibility index (Phi) is 10.5. The maximum atomic E-state index is 14.5. The Hall–Kier alpha value is -3.31. The normalized spacial score (nSPS) is 16.9. The summed E-state index contributed by atoms with van der Waals surface area (Å²) in [5, 5.41) is 7.89. The van der Waals surface area contributed by atoms with Gasteiger partial charge in [-0.2, -0.15) is 0 Å². The van der Waals surface area contributed by atoms with E-state index in [9.17, 15) is 9.18 Å². The van der Waals surface area contributed by atoms with E-state index in [4.69, 9.17) is 20.6 Å². The lowest BCUT2D eigenvalue weighted by Crippen LogP contribution is -2.49. The Balaban J connectivity index is 0.000000944. The number of allylic oxidation sites excluding steroid dienone is 2. The standard InChI is InChI=1S/C23H27FN2O.CH2O.HNO2/c1-23(2,3)11-10-16-8-9-18(13-21(16)24)22(27)26-15-19-7-5-4-6-17(19)12-20(26)14-25;1-2;2-1-3/h6-9,13,20H,4-5,12,14-15,25H2,1-3H3;1H2;(H,2,3). The largest absolute Gasteiger partial charge is 0.379 e. The second-order valence-corrected chi connectivity index (χ2v) is 8.34. The highest BCUT2D eigenvalue weighted by molar-refractivity contribution is 5.95. The van der Waals surface area contributed by atoms with Crippen LogP contribution in [0.15, 0.2) is 46.8 Å². The lowest BCUT2D eigenvalue weighted by molar-refractivity contribution is -0.0980. The summed E-state index contributed by atoms with van der Waals surface area (Å²) in [7, 11) is 0. The summed E-state index contributed by atoms with van der Waals surface area (Å²) in [4.78, 5) is 30.9. The fourth-order valence-electron chi connectivity index (χ4n) is 3.45. The number of rotatable bonds is 2. The topological polar surface area (TPSA) is 113 Å². The molecule has 3 rings (SSSR count). The third kappa shape index (κ3) is 7.43. The first-order valence-electron chi connectivity index (χ1n) is 10.2. The van der Waals surface area contributed by atoms with Gasteiger partial charge in [-0.25, -0.2) is 4.39 Å². The predicted molar refractivity (Wildman–Crippen MR) is 121 cm³/mol. The number of halogens is 1. The van der Waals surface area contributed by atoms with Crippen molar-refractivity contribution in [3.8, 4) is 11.8 Å². The van der Waals surface area contributed by atoms with E-state index in [1.54, 1.807) is 17.0 Å². The van der Waals surface area contributed by atoms with Crippen LogP contribution in [0, 0.1) is 28.0 Å². The number of hydrogen-bond acceptors (Lipinski definition) is 5. The van der Waals surface area contributed by atoms with Crippen LogP contribution in [-0.4, -0.2) is 41.9 Å². The molecule has 8 heteroatoms. The quantitative estimate of drug-likeness (QED) is 0.407. The Morgan fingerprint density at radius 1 is 1.28 bits per heavy atom. The van der Waals surface area contributed by atoms with Crippen LogP contribution in [0.25, 0.3) is 0 Å². The summed E-state index contributed by atoms with van der Waals surface area (Å²) in [6.45, 7) is 8.86. The van der Waals surface area contributed by atoms with Crippen LogP contribution in [0.2, 0.25) is 0 Å². The number of nitrogens with zero attached hydrogens (tertiary/aromatic N) is 2. The fourth-order valence-corrected chi connectivity index (χ4v) is 3.45. The summed E-state index contributed by atoms with van der Waals surface area (Å²) in [5.74, 6) is 5.25. The molecule has 0 spiro atoms. The van der Waals surface area contributed by atoms with Crippen molar-refractivity contribution in [2.45, 2.75) is 46.1 Å². The van der Waals surface area contributed by atoms with Crippen LogP contribution in [0.5, 0.6) is 0 Å². The maximum absolute atomic E-state index is 14.5. The smallest absolute Gasteiger partial charge is 0.254 e. The van der Waals surface area contributed by atoms with E-state index in [1.807, 2.05) is 27.6 Å². The van der Waals surface area contributed by atoms with Gasteiger partial charge in [-0.05, 0) is 69.4 Å². The Bertz CT molecular complexity index is 939. The first-order valence-corrected chi connectivity index (χ1v) is 10.2. The molecule has 2 aliphatic rings. The average Bonchev–Trinajstić information content (AvgIpc) is 2.78. The van der Waals surface area contributed by atoms with Gasteiger partial charge in [0.15, 0.2) is 5.34 Å². The molecule has 1 unspecified atom stereocenters. The molecule has 0 bridgehead atoms. The molecular formula is C24H30FN3O4. The van der Waals surface area contributed by atoms with Crippen molar-refractivity contribution in [2.24, 2.45) is 16.5 Å². The van der Waals surface area contributed by atoms with Crippen molar-refractivity contribution in [3.05, 3.63) is 63.3 Å². The first-order chi connectivity index (χ1) is 15.2. The predicted octanol–water partition coefficient (Wildman–Crippen LogP) is 4.00. The average molecular weight is 444 g/mol. The van der Waals surface area contributed by atoms with Crippen molar-refractivity contribution in [1.29, 1.82) is 0 Å². The fraction of sp³-hybridized carbons (Fsp3) is 0.417. The third-order valence-corrected chi connectivity index (χ3v) is 4.92. The highest BCUT2D eigenvalue weighted by Gasteiger charge is 2.31. The number of benzene rings is 1. The third-order valence-electron chi connectivity index (χ3n) is 4.92. The number of hydrogen-bond donors (Lipinski definition) is 2. The second-order valence-electron chi connectivity index (χ2n) is 8.34. The minimum absolute atomic E-state index is 0.0533. The zero-order valence-corrected chi connectivity index (χ0v) is 18.7. The molecule has 3 N–H and O–H groups in total. The van der Waals surface area contributed by atoms with Crippen LogP contribution >= 0.6 is 0 Å². The van der Waals surface area contributed by atoms with Gasteiger partial charge in [0.1, 0.15) is 12.6 Å². The van der Waals surface area contributed by atoms with Crippen molar-refractivity contribution in [2.75, 3.05) is 13.1 Å². The monoisotopic (exact) mass is 443 g/mol.